The Balaban J connectivity index is 2.75. The summed E-state index contributed by atoms with van der Waals surface area (Å²) < 4.78 is 0. The van der Waals surface area contributed by atoms with Crippen LogP contribution in [-0.4, -0.2) is 40.5 Å². The van der Waals surface area contributed by atoms with E-state index in [1.807, 2.05) is 13.8 Å². The van der Waals surface area contributed by atoms with Gasteiger partial charge in [-0.15, -0.1) is 0 Å². The average Bonchev–Trinajstić information content (AvgIpc) is 2.35. The lowest BCUT2D eigenvalue weighted by atomic mass is 10.2. The first kappa shape index (κ1) is 14.9. The van der Waals surface area contributed by atoms with Crippen LogP contribution in [0.1, 0.15) is 29.9 Å². The molecule has 1 rings (SSSR count). The van der Waals surface area contributed by atoms with Gasteiger partial charge in [-0.25, -0.2) is 4.79 Å². The van der Waals surface area contributed by atoms with Crippen LogP contribution in [0, 0.1) is 5.92 Å². The molecule has 1 amide bonds. The molecule has 1 N–H and O–H groups in total. The summed E-state index contributed by atoms with van der Waals surface area (Å²) in [6.45, 7) is 4.75. The first-order valence-corrected chi connectivity index (χ1v) is 6.02. The van der Waals surface area contributed by atoms with Gasteiger partial charge in [0.1, 0.15) is 5.69 Å². The number of nitrogens with zero attached hydrogens (tertiary/aromatic N) is 2. The summed E-state index contributed by atoms with van der Waals surface area (Å²) in [5.41, 5.74) is 1.00. The Kier molecular flexibility index (Phi) is 5.23. The van der Waals surface area contributed by atoms with E-state index in [0.717, 1.165) is 6.08 Å². The van der Waals surface area contributed by atoms with Crippen molar-refractivity contribution < 1.29 is 14.7 Å². The van der Waals surface area contributed by atoms with E-state index in [-0.39, 0.29) is 5.91 Å². The Hall–Kier alpha value is -2.17. The molecular weight excluding hydrogens is 244 g/mol. The number of carbonyl (C=O) groups excluding carboxylic acids is 1. The minimum Gasteiger partial charge on any atom is -0.478 e. The second kappa shape index (κ2) is 6.68. The number of hydrogen-bond acceptors (Lipinski definition) is 3. The molecular formula is C14H18N2O3. The number of amides is 1. The van der Waals surface area contributed by atoms with E-state index < -0.39 is 5.97 Å². The molecule has 0 radical (unpaired) electrons. The fraction of sp³-hybridized carbons (Fsp3) is 0.357. The van der Waals surface area contributed by atoms with Crippen molar-refractivity contribution in [2.24, 2.45) is 5.92 Å². The maximum atomic E-state index is 12.0. The molecule has 0 unspecified atom stereocenters. The molecule has 0 aliphatic heterocycles. The van der Waals surface area contributed by atoms with E-state index in [9.17, 15) is 9.59 Å². The normalized spacial score (nSPS) is 10.9. The minimum atomic E-state index is -1.02. The van der Waals surface area contributed by atoms with E-state index in [4.69, 9.17) is 5.11 Å². The number of rotatable bonds is 5. The van der Waals surface area contributed by atoms with Gasteiger partial charge in [0.05, 0.1) is 0 Å². The molecule has 0 saturated heterocycles. The molecule has 1 aromatic rings. The Morgan fingerprint density at radius 3 is 2.58 bits per heavy atom. The Labute approximate surface area is 112 Å². The molecule has 0 fully saturated rings. The third kappa shape index (κ3) is 4.91. The van der Waals surface area contributed by atoms with Crippen molar-refractivity contribution in [1.29, 1.82) is 0 Å². The quantitative estimate of drug-likeness (QED) is 0.823. The van der Waals surface area contributed by atoms with Crippen LogP contribution < -0.4 is 0 Å². The zero-order valence-electron chi connectivity index (χ0n) is 11.3. The maximum absolute atomic E-state index is 12.0. The standard InChI is InChI=1S/C14H18N2O3/c1-10(2)9-16(3)14(19)12-6-4-11(8-15-12)5-7-13(17)18/h4-8,10H,9H2,1-3H3,(H,17,18). The van der Waals surface area contributed by atoms with Crippen LogP contribution in [-0.2, 0) is 4.79 Å². The summed E-state index contributed by atoms with van der Waals surface area (Å²) in [5, 5.41) is 8.51. The third-order valence-electron chi connectivity index (χ3n) is 2.41. The van der Waals surface area contributed by atoms with Gasteiger partial charge in [0, 0.05) is 25.9 Å². The molecule has 102 valence electrons. The lowest BCUT2D eigenvalue weighted by Gasteiger charge is -2.18. The second-order valence-electron chi connectivity index (χ2n) is 4.73. The molecule has 0 bridgehead atoms. The van der Waals surface area contributed by atoms with Gasteiger partial charge >= 0.3 is 5.97 Å². The van der Waals surface area contributed by atoms with Crippen molar-refractivity contribution in [2.45, 2.75) is 13.8 Å². The molecule has 5 heteroatoms. The van der Waals surface area contributed by atoms with Gasteiger partial charge in [0.25, 0.3) is 5.91 Å². The minimum absolute atomic E-state index is 0.137. The van der Waals surface area contributed by atoms with E-state index in [1.54, 1.807) is 24.1 Å². The van der Waals surface area contributed by atoms with Gasteiger partial charge in [-0.05, 0) is 23.6 Å². The van der Waals surface area contributed by atoms with Gasteiger partial charge in [-0.1, -0.05) is 19.9 Å². The van der Waals surface area contributed by atoms with Crippen LogP contribution >= 0.6 is 0 Å². The monoisotopic (exact) mass is 262 g/mol. The summed E-state index contributed by atoms with van der Waals surface area (Å²) in [5.74, 6) is -0.758. The van der Waals surface area contributed by atoms with Crippen molar-refractivity contribution in [3.8, 4) is 0 Å². The topological polar surface area (TPSA) is 70.5 Å². The lowest BCUT2D eigenvalue weighted by Crippen LogP contribution is -2.30. The number of aliphatic carboxylic acids is 1. The summed E-state index contributed by atoms with van der Waals surface area (Å²) in [4.78, 5) is 28.1. The fourth-order valence-electron chi connectivity index (χ4n) is 1.62. The number of aromatic nitrogens is 1. The number of hydrogen-bond donors (Lipinski definition) is 1. The summed E-state index contributed by atoms with van der Waals surface area (Å²) in [7, 11) is 1.74. The molecule has 1 aromatic heterocycles. The van der Waals surface area contributed by atoms with Crippen LogP contribution in [0.25, 0.3) is 6.08 Å². The molecule has 0 saturated carbocycles. The molecule has 0 aliphatic carbocycles. The van der Waals surface area contributed by atoms with Crippen molar-refractivity contribution in [1.82, 2.24) is 9.88 Å². The SMILES string of the molecule is CC(C)CN(C)C(=O)c1ccc(C=CC(=O)O)cn1. The van der Waals surface area contributed by atoms with E-state index in [0.29, 0.717) is 23.7 Å². The Morgan fingerprint density at radius 1 is 1.42 bits per heavy atom. The smallest absolute Gasteiger partial charge is 0.328 e. The predicted octanol–water partition coefficient (Wildman–Crippen LogP) is 1.91. The first-order chi connectivity index (χ1) is 8.90. The molecule has 0 spiro atoms. The highest BCUT2D eigenvalue weighted by atomic mass is 16.4. The summed E-state index contributed by atoms with van der Waals surface area (Å²) in [6, 6.07) is 3.27. The largest absolute Gasteiger partial charge is 0.478 e. The van der Waals surface area contributed by atoms with Gasteiger partial charge in [-0.3, -0.25) is 9.78 Å². The molecule has 5 nitrogen and oxygen atoms in total. The highest BCUT2D eigenvalue weighted by Gasteiger charge is 2.13. The molecule has 1 heterocycles. The molecule has 0 aromatic carbocycles. The average molecular weight is 262 g/mol. The van der Waals surface area contributed by atoms with Crippen molar-refractivity contribution in [3.05, 3.63) is 35.7 Å². The maximum Gasteiger partial charge on any atom is 0.328 e. The number of carbonyl (C=O) groups is 2. The zero-order chi connectivity index (χ0) is 14.4. The second-order valence-corrected chi connectivity index (χ2v) is 4.73. The van der Waals surface area contributed by atoms with E-state index in [1.165, 1.54) is 12.3 Å². The third-order valence-corrected chi connectivity index (χ3v) is 2.41. The highest BCUT2D eigenvalue weighted by molar-refractivity contribution is 5.92. The van der Waals surface area contributed by atoms with Crippen molar-refractivity contribution in [3.63, 3.8) is 0 Å². The van der Waals surface area contributed by atoms with E-state index in [2.05, 4.69) is 4.98 Å². The van der Waals surface area contributed by atoms with Gasteiger partial charge in [-0.2, -0.15) is 0 Å². The van der Waals surface area contributed by atoms with Crippen LogP contribution in [0.15, 0.2) is 24.4 Å². The van der Waals surface area contributed by atoms with Crippen molar-refractivity contribution >= 4 is 18.0 Å². The van der Waals surface area contributed by atoms with Crippen molar-refractivity contribution in [2.75, 3.05) is 13.6 Å². The zero-order valence-corrected chi connectivity index (χ0v) is 11.3. The molecule has 0 aliphatic rings. The van der Waals surface area contributed by atoms with Gasteiger partial charge < -0.3 is 10.0 Å². The predicted molar refractivity (Wildman–Crippen MR) is 72.7 cm³/mol. The first-order valence-electron chi connectivity index (χ1n) is 6.02. The van der Waals surface area contributed by atoms with Crippen LogP contribution in [0.4, 0.5) is 0 Å². The number of carboxylic acid groups (broad SMARTS) is 1. The summed E-state index contributed by atoms with van der Waals surface area (Å²) in [6.07, 6.45) is 3.95. The molecule has 19 heavy (non-hydrogen) atoms. The fourth-order valence-corrected chi connectivity index (χ4v) is 1.62. The van der Waals surface area contributed by atoms with Crippen LogP contribution in [0.3, 0.4) is 0 Å². The Morgan fingerprint density at radius 2 is 2.11 bits per heavy atom. The van der Waals surface area contributed by atoms with Crippen LogP contribution in [0.2, 0.25) is 0 Å². The number of pyridine rings is 1. The Bertz CT molecular complexity index is 478. The van der Waals surface area contributed by atoms with E-state index >= 15 is 0 Å². The number of carboxylic acids is 1. The lowest BCUT2D eigenvalue weighted by molar-refractivity contribution is -0.131. The molecule has 0 atom stereocenters. The summed E-state index contributed by atoms with van der Waals surface area (Å²) >= 11 is 0. The van der Waals surface area contributed by atoms with Crippen LogP contribution in [0.5, 0.6) is 0 Å². The highest BCUT2D eigenvalue weighted by Crippen LogP contribution is 2.06. The van der Waals surface area contributed by atoms with Gasteiger partial charge in [0.15, 0.2) is 0 Å². The van der Waals surface area contributed by atoms with Gasteiger partial charge in [0.2, 0.25) is 0 Å².